The number of carbonyl (C=O) groups excluding carboxylic acids is 1. The first-order chi connectivity index (χ1) is 9.04. The van der Waals surface area contributed by atoms with Crippen molar-refractivity contribution < 1.29 is 4.79 Å². The Balaban J connectivity index is 2.21. The van der Waals surface area contributed by atoms with Crippen LogP contribution in [0.4, 0.5) is 4.79 Å². The summed E-state index contributed by atoms with van der Waals surface area (Å²) < 4.78 is 0. The summed E-state index contributed by atoms with van der Waals surface area (Å²) in [6.07, 6.45) is 3.38. The van der Waals surface area contributed by atoms with Gasteiger partial charge in [0.1, 0.15) is 0 Å². The van der Waals surface area contributed by atoms with Gasteiger partial charge in [0, 0.05) is 39.3 Å². The molecule has 1 saturated heterocycles. The van der Waals surface area contributed by atoms with Gasteiger partial charge in [-0.05, 0) is 37.7 Å². The van der Waals surface area contributed by atoms with Gasteiger partial charge in [-0.1, -0.05) is 6.92 Å². The van der Waals surface area contributed by atoms with Crippen molar-refractivity contribution in [3.63, 3.8) is 0 Å². The second-order valence-electron chi connectivity index (χ2n) is 5.49. The fraction of sp³-hybridized carbons (Fsp3) is 0.929. The largest absolute Gasteiger partial charge is 0.331 e. The van der Waals surface area contributed by atoms with Crippen LogP contribution in [-0.2, 0) is 0 Å². The first kappa shape index (κ1) is 16.6. The molecule has 0 aromatic heterocycles. The van der Waals surface area contributed by atoms with E-state index in [1.54, 1.807) is 4.90 Å². The Bertz CT molecular complexity index is 265. The van der Waals surface area contributed by atoms with E-state index in [9.17, 15) is 4.79 Å². The van der Waals surface area contributed by atoms with Crippen LogP contribution >= 0.6 is 11.8 Å². The number of nitrogens with zero attached hydrogens (tertiary/aromatic N) is 2. The smallest absolute Gasteiger partial charge is 0.319 e. The maximum Gasteiger partial charge on any atom is 0.319 e. The lowest BCUT2D eigenvalue weighted by Gasteiger charge is -2.35. The summed E-state index contributed by atoms with van der Waals surface area (Å²) in [7, 11) is 3.64. The minimum Gasteiger partial charge on any atom is -0.331 e. The molecule has 1 rings (SSSR count). The van der Waals surface area contributed by atoms with E-state index in [0.717, 1.165) is 25.9 Å². The number of thioether (sulfide) groups is 1. The second-order valence-corrected chi connectivity index (χ2v) is 6.89. The summed E-state index contributed by atoms with van der Waals surface area (Å²) in [5.74, 6) is 2.44. The van der Waals surface area contributed by atoms with Crippen LogP contribution in [0.5, 0.6) is 0 Å². The van der Waals surface area contributed by atoms with Gasteiger partial charge < -0.3 is 15.1 Å². The van der Waals surface area contributed by atoms with Crippen molar-refractivity contribution >= 4 is 17.8 Å². The molecule has 1 aliphatic heterocycles. The van der Waals surface area contributed by atoms with Gasteiger partial charge in [-0.25, -0.2) is 4.79 Å². The average molecular weight is 287 g/mol. The number of hydrogen-bond acceptors (Lipinski definition) is 3. The van der Waals surface area contributed by atoms with Gasteiger partial charge in [0.05, 0.1) is 0 Å². The maximum atomic E-state index is 11.8. The van der Waals surface area contributed by atoms with Gasteiger partial charge in [0.2, 0.25) is 0 Å². The number of hydrogen-bond donors (Lipinski definition) is 1. The molecule has 0 aromatic carbocycles. The minimum absolute atomic E-state index is 0.144. The van der Waals surface area contributed by atoms with Crippen molar-refractivity contribution in [2.75, 3.05) is 38.7 Å². The number of nitrogens with one attached hydrogen (secondary N) is 1. The zero-order chi connectivity index (χ0) is 14.3. The highest BCUT2D eigenvalue weighted by atomic mass is 32.2. The number of amides is 2. The molecular formula is C14H29N3OS. The number of urea groups is 1. The van der Waals surface area contributed by atoms with Crippen LogP contribution in [0.1, 0.15) is 33.1 Å². The minimum atomic E-state index is 0.144. The molecule has 1 atom stereocenters. The van der Waals surface area contributed by atoms with Crippen molar-refractivity contribution in [3.05, 3.63) is 0 Å². The molecule has 5 heteroatoms. The SMILES string of the molecule is CCSCCC(C)NC1CCN(C(=O)N(C)C)CC1. The van der Waals surface area contributed by atoms with Crippen LogP contribution < -0.4 is 5.32 Å². The third kappa shape index (κ3) is 6.04. The highest BCUT2D eigenvalue weighted by molar-refractivity contribution is 7.99. The van der Waals surface area contributed by atoms with Crippen LogP contribution in [0.2, 0.25) is 0 Å². The van der Waals surface area contributed by atoms with E-state index in [1.165, 1.54) is 17.9 Å². The first-order valence-corrected chi connectivity index (χ1v) is 8.50. The zero-order valence-electron chi connectivity index (χ0n) is 12.8. The van der Waals surface area contributed by atoms with E-state index in [0.29, 0.717) is 12.1 Å². The van der Waals surface area contributed by atoms with Gasteiger partial charge in [0.15, 0.2) is 0 Å². The van der Waals surface area contributed by atoms with E-state index >= 15 is 0 Å². The van der Waals surface area contributed by atoms with Gasteiger partial charge in [-0.15, -0.1) is 0 Å². The molecule has 0 bridgehead atoms. The molecule has 1 unspecified atom stereocenters. The summed E-state index contributed by atoms with van der Waals surface area (Å²) in [6, 6.07) is 1.30. The first-order valence-electron chi connectivity index (χ1n) is 7.34. The third-order valence-electron chi connectivity index (χ3n) is 3.57. The van der Waals surface area contributed by atoms with Gasteiger partial charge in [0.25, 0.3) is 0 Å². The molecule has 19 heavy (non-hydrogen) atoms. The summed E-state index contributed by atoms with van der Waals surface area (Å²) >= 11 is 2.01. The predicted octanol–water partition coefficient (Wildman–Crippen LogP) is 2.25. The topological polar surface area (TPSA) is 35.6 Å². The molecule has 0 aliphatic carbocycles. The normalized spacial score (nSPS) is 18.4. The number of rotatable bonds is 6. The van der Waals surface area contributed by atoms with E-state index in [-0.39, 0.29) is 6.03 Å². The molecule has 0 saturated carbocycles. The van der Waals surface area contributed by atoms with E-state index in [2.05, 4.69) is 19.2 Å². The lowest BCUT2D eigenvalue weighted by molar-refractivity contribution is 0.151. The summed E-state index contributed by atoms with van der Waals surface area (Å²) in [5.41, 5.74) is 0. The summed E-state index contributed by atoms with van der Waals surface area (Å²) in [5, 5.41) is 3.70. The van der Waals surface area contributed by atoms with E-state index < -0.39 is 0 Å². The number of carbonyl (C=O) groups is 1. The third-order valence-corrected chi connectivity index (χ3v) is 4.50. The van der Waals surface area contributed by atoms with Crippen molar-refractivity contribution in [2.45, 2.75) is 45.2 Å². The summed E-state index contributed by atoms with van der Waals surface area (Å²) in [6.45, 7) is 6.24. The van der Waals surface area contributed by atoms with Gasteiger partial charge in [-0.2, -0.15) is 11.8 Å². The molecule has 1 aliphatic rings. The van der Waals surface area contributed by atoms with Crippen LogP contribution in [0, 0.1) is 0 Å². The molecule has 2 amide bonds. The van der Waals surface area contributed by atoms with Crippen LogP contribution in [0.15, 0.2) is 0 Å². The molecule has 112 valence electrons. The van der Waals surface area contributed by atoms with Crippen LogP contribution in [-0.4, -0.2) is 66.6 Å². The predicted molar refractivity (Wildman–Crippen MR) is 83.9 cm³/mol. The fourth-order valence-electron chi connectivity index (χ4n) is 2.41. The molecule has 0 aromatic rings. The Morgan fingerprint density at radius 3 is 2.58 bits per heavy atom. The summed E-state index contributed by atoms with van der Waals surface area (Å²) in [4.78, 5) is 15.4. The van der Waals surface area contributed by atoms with Crippen LogP contribution in [0.3, 0.4) is 0 Å². The number of piperidine rings is 1. The average Bonchev–Trinajstić information content (AvgIpc) is 2.39. The quantitative estimate of drug-likeness (QED) is 0.761. The Kier molecular flexibility index (Phi) is 7.61. The van der Waals surface area contributed by atoms with Crippen LogP contribution in [0.25, 0.3) is 0 Å². The Morgan fingerprint density at radius 1 is 1.42 bits per heavy atom. The van der Waals surface area contributed by atoms with Crippen molar-refractivity contribution in [3.8, 4) is 0 Å². The van der Waals surface area contributed by atoms with Gasteiger partial charge >= 0.3 is 6.03 Å². The number of likely N-dealkylation sites (tertiary alicyclic amines) is 1. The molecule has 1 N–H and O–H groups in total. The Labute approximate surface area is 122 Å². The molecule has 0 radical (unpaired) electrons. The molecular weight excluding hydrogens is 258 g/mol. The van der Waals surface area contributed by atoms with Gasteiger partial charge in [-0.3, -0.25) is 0 Å². The zero-order valence-corrected chi connectivity index (χ0v) is 13.6. The molecule has 0 spiro atoms. The van der Waals surface area contributed by atoms with Crippen molar-refractivity contribution in [1.29, 1.82) is 0 Å². The molecule has 1 heterocycles. The molecule has 4 nitrogen and oxygen atoms in total. The monoisotopic (exact) mass is 287 g/mol. The van der Waals surface area contributed by atoms with Crippen molar-refractivity contribution in [1.82, 2.24) is 15.1 Å². The molecule has 1 fully saturated rings. The maximum absolute atomic E-state index is 11.8. The second kappa shape index (κ2) is 8.69. The Hall–Kier alpha value is -0.420. The lowest BCUT2D eigenvalue weighted by Crippen LogP contribution is -2.49. The highest BCUT2D eigenvalue weighted by Gasteiger charge is 2.24. The van der Waals surface area contributed by atoms with E-state index in [1.807, 2.05) is 30.8 Å². The highest BCUT2D eigenvalue weighted by Crippen LogP contribution is 2.13. The van der Waals surface area contributed by atoms with Crippen molar-refractivity contribution in [2.24, 2.45) is 0 Å². The lowest BCUT2D eigenvalue weighted by atomic mass is 10.0. The Morgan fingerprint density at radius 2 is 2.05 bits per heavy atom. The fourth-order valence-corrected chi connectivity index (χ4v) is 3.22. The standard InChI is InChI=1S/C14H29N3OS/c1-5-19-11-8-12(2)15-13-6-9-17(10-7-13)14(18)16(3)4/h12-13,15H,5-11H2,1-4H3. The van der Waals surface area contributed by atoms with E-state index in [4.69, 9.17) is 0 Å².